The maximum atomic E-state index is 11.7. The van der Waals surface area contributed by atoms with Crippen LogP contribution in [0, 0.1) is 0 Å². The molecule has 18 heavy (non-hydrogen) atoms. The van der Waals surface area contributed by atoms with Gasteiger partial charge in [-0.05, 0) is 30.2 Å². The number of pyridine rings is 1. The Kier molecular flexibility index (Phi) is 3.96. The van der Waals surface area contributed by atoms with E-state index in [4.69, 9.17) is 0 Å². The van der Waals surface area contributed by atoms with E-state index in [1.807, 2.05) is 30.6 Å². The van der Waals surface area contributed by atoms with Gasteiger partial charge in [0.2, 0.25) is 5.91 Å². The van der Waals surface area contributed by atoms with Crippen molar-refractivity contribution in [1.29, 1.82) is 0 Å². The normalized spacial score (nSPS) is 10.1. The molecule has 3 N–H and O–H groups in total. The molecule has 0 aliphatic heterocycles. The van der Waals surface area contributed by atoms with Crippen LogP contribution in [0.25, 0.3) is 0 Å². The lowest BCUT2D eigenvalue weighted by Gasteiger charge is -2.05. The lowest BCUT2D eigenvalue weighted by Crippen LogP contribution is -2.12. The van der Waals surface area contributed by atoms with Crippen LogP contribution in [0.4, 0.5) is 11.5 Å². The molecule has 2 aromatic heterocycles. The molecule has 0 bridgehead atoms. The van der Waals surface area contributed by atoms with Crippen molar-refractivity contribution in [3.63, 3.8) is 0 Å². The van der Waals surface area contributed by atoms with Crippen LogP contribution in [0.3, 0.4) is 0 Å². The number of hydrogen-bond acceptors (Lipinski definition) is 3. The number of anilines is 2. The fourth-order valence-corrected chi connectivity index (χ4v) is 1.61. The lowest BCUT2D eigenvalue weighted by molar-refractivity contribution is -0.116. The number of carbonyl (C=O) groups is 1. The summed E-state index contributed by atoms with van der Waals surface area (Å²) in [5.74, 6) is 0.774. The number of amides is 1. The van der Waals surface area contributed by atoms with Crippen molar-refractivity contribution in [3.05, 3.63) is 42.4 Å². The van der Waals surface area contributed by atoms with Gasteiger partial charge in [0.1, 0.15) is 5.82 Å². The first-order chi connectivity index (χ1) is 8.78. The minimum atomic E-state index is -0.00444. The molecule has 0 aliphatic carbocycles. The van der Waals surface area contributed by atoms with Gasteiger partial charge in [-0.1, -0.05) is 0 Å². The molecule has 2 aromatic rings. The zero-order valence-corrected chi connectivity index (χ0v) is 10.2. The fraction of sp³-hybridized carbons (Fsp3) is 0.231. The SMILES string of the molecule is CNc1ccc(NC(=O)CCc2cc[nH]c2)cn1. The number of aromatic nitrogens is 2. The molecule has 2 rings (SSSR count). The average Bonchev–Trinajstić information content (AvgIpc) is 2.90. The van der Waals surface area contributed by atoms with E-state index >= 15 is 0 Å². The average molecular weight is 244 g/mol. The zero-order valence-electron chi connectivity index (χ0n) is 10.2. The van der Waals surface area contributed by atoms with Crippen molar-refractivity contribution in [3.8, 4) is 0 Å². The van der Waals surface area contributed by atoms with Crippen LogP contribution in [0.15, 0.2) is 36.8 Å². The molecule has 0 aliphatic rings. The van der Waals surface area contributed by atoms with Crippen molar-refractivity contribution in [2.24, 2.45) is 0 Å². The number of hydrogen-bond donors (Lipinski definition) is 3. The molecule has 0 spiro atoms. The molecule has 0 atom stereocenters. The van der Waals surface area contributed by atoms with Gasteiger partial charge in [-0.3, -0.25) is 4.79 Å². The molecule has 94 valence electrons. The topological polar surface area (TPSA) is 69.8 Å². The number of rotatable bonds is 5. The van der Waals surface area contributed by atoms with Gasteiger partial charge in [-0.15, -0.1) is 0 Å². The summed E-state index contributed by atoms with van der Waals surface area (Å²) in [7, 11) is 1.80. The smallest absolute Gasteiger partial charge is 0.224 e. The standard InChI is InChI=1S/C13H16N4O/c1-14-12-4-3-11(9-16-12)17-13(18)5-2-10-6-7-15-8-10/h3-4,6-9,15H,2,5H2,1H3,(H,14,16)(H,17,18). The second-order valence-electron chi connectivity index (χ2n) is 3.95. The summed E-state index contributed by atoms with van der Waals surface area (Å²) < 4.78 is 0. The molecule has 5 heteroatoms. The summed E-state index contributed by atoms with van der Waals surface area (Å²) in [4.78, 5) is 18.8. The van der Waals surface area contributed by atoms with Gasteiger partial charge >= 0.3 is 0 Å². The number of H-pyrrole nitrogens is 1. The van der Waals surface area contributed by atoms with Crippen molar-refractivity contribution >= 4 is 17.4 Å². The molecule has 0 unspecified atom stereocenters. The first-order valence-corrected chi connectivity index (χ1v) is 5.83. The largest absolute Gasteiger partial charge is 0.373 e. The molecule has 0 radical (unpaired) electrons. The summed E-state index contributed by atoms with van der Waals surface area (Å²) in [6, 6.07) is 5.62. The lowest BCUT2D eigenvalue weighted by atomic mass is 10.2. The molecular formula is C13H16N4O. The highest BCUT2D eigenvalue weighted by atomic mass is 16.1. The predicted octanol–water partition coefficient (Wildman–Crippen LogP) is 2.02. The van der Waals surface area contributed by atoms with Crippen molar-refractivity contribution in [2.75, 3.05) is 17.7 Å². The Morgan fingerprint density at radius 2 is 2.28 bits per heavy atom. The molecule has 0 saturated heterocycles. The minimum absolute atomic E-state index is 0.00444. The molecule has 5 nitrogen and oxygen atoms in total. The van der Waals surface area contributed by atoms with E-state index in [-0.39, 0.29) is 5.91 Å². The minimum Gasteiger partial charge on any atom is -0.373 e. The van der Waals surface area contributed by atoms with Gasteiger partial charge in [0, 0.05) is 25.9 Å². The Labute approximate surface area is 106 Å². The maximum absolute atomic E-state index is 11.7. The van der Waals surface area contributed by atoms with Gasteiger partial charge in [-0.25, -0.2) is 4.98 Å². The highest BCUT2D eigenvalue weighted by Gasteiger charge is 2.03. The third-order valence-corrected chi connectivity index (χ3v) is 2.61. The van der Waals surface area contributed by atoms with E-state index in [0.717, 1.165) is 17.8 Å². The van der Waals surface area contributed by atoms with Crippen LogP contribution in [0.2, 0.25) is 0 Å². The second kappa shape index (κ2) is 5.86. The number of carbonyl (C=O) groups excluding carboxylic acids is 1. The Balaban J connectivity index is 1.83. The van der Waals surface area contributed by atoms with Gasteiger partial charge in [-0.2, -0.15) is 0 Å². The fourth-order valence-electron chi connectivity index (χ4n) is 1.61. The highest BCUT2D eigenvalue weighted by molar-refractivity contribution is 5.90. The molecule has 1 amide bonds. The summed E-state index contributed by atoms with van der Waals surface area (Å²) in [6.07, 6.45) is 6.59. The van der Waals surface area contributed by atoms with Crippen LogP contribution in [0.1, 0.15) is 12.0 Å². The Bertz CT molecular complexity index is 490. The van der Waals surface area contributed by atoms with E-state index in [9.17, 15) is 4.79 Å². The van der Waals surface area contributed by atoms with Crippen molar-refractivity contribution in [2.45, 2.75) is 12.8 Å². The predicted molar refractivity (Wildman–Crippen MR) is 71.5 cm³/mol. The van der Waals surface area contributed by atoms with E-state index in [1.54, 1.807) is 13.2 Å². The number of aryl methyl sites for hydroxylation is 1. The summed E-state index contributed by atoms with van der Waals surface area (Å²) in [5.41, 5.74) is 1.85. The van der Waals surface area contributed by atoms with Gasteiger partial charge in [0.25, 0.3) is 0 Å². The van der Waals surface area contributed by atoms with Gasteiger partial charge < -0.3 is 15.6 Å². The molecular weight excluding hydrogens is 228 g/mol. The van der Waals surface area contributed by atoms with Crippen LogP contribution in [-0.2, 0) is 11.2 Å². The molecule has 0 fully saturated rings. The molecule has 2 heterocycles. The van der Waals surface area contributed by atoms with Crippen LogP contribution < -0.4 is 10.6 Å². The van der Waals surface area contributed by atoms with Crippen LogP contribution in [-0.4, -0.2) is 22.9 Å². The highest BCUT2D eigenvalue weighted by Crippen LogP contribution is 2.10. The van der Waals surface area contributed by atoms with Crippen LogP contribution in [0.5, 0.6) is 0 Å². The van der Waals surface area contributed by atoms with Gasteiger partial charge in [0.05, 0.1) is 11.9 Å². The first kappa shape index (κ1) is 12.2. The Morgan fingerprint density at radius 1 is 1.39 bits per heavy atom. The monoisotopic (exact) mass is 244 g/mol. The van der Waals surface area contributed by atoms with E-state index in [2.05, 4.69) is 20.6 Å². The number of nitrogens with zero attached hydrogens (tertiary/aromatic N) is 1. The first-order valence-electron chi connectivity index (χ1n) is 5.83. The summed E-state index contributed by atoms with van der Waals surface area (Å²) in [5, 5.41) is 5.74. The van der Waals surface area contributed by atoms with E-state index < -0.39 is 0 Å². The Morgan fingerprint density at radius 3 is 2.89 bits per heavy atom. The van der Waals surface area contributed by atoms with Crippen molar-refractivity contribution < 1.29 is 4.79 Å². The number of aromatic amines is 1. The van der Waals surface area contributed by atoms with E-state index in [0.29, 0.717) is 12.1 Å². The van der Waals surface area contributed by atoms with Crippen LogP contribution >= 0.6 is 0 Å². The van der Waals surface area contributed by atoms with Crippen molar-refractivity contribution in [1.82, 2.24) is 9.97 Å². The summed E-state index contributed by atoms with van der Waals surface area (Å²) >= 11 is 0. The van der Waals surface area contributed by atoms with E-state index in [1.165, 1.54) is 0 Å². The third-order valence-electron chi connectivity index (χ3n) is 2.61. The second-order valence-corrected chi connectivity index (χ2v) is 3.95. The molecule has 0 saturated carbocycles. The number of nitrogens with one attached hydrogen (secondary N) is 3. The van der Waals surface area contributed by atoms with Gasteiger partial charge in [0.15, 0.2) is 0 Å². The summed E-state index contributed by atoms with van der Waals surface area (Å²) in [6.45, 7) is 0. The zero-order chi connectivity index (χ0) is 12.8. The molecule has 0 aromatic carbocycles. The Hall–Kier alpha value is -2.30. The quantitative estimate of drug-likeness (QED) is 0.753. The third kappa shape index (κ3) is 3.35. The maximum Gasteiger partial charge on any atom is 0.224 e.